The van der Waals surface area contributed by atoms with Crippen molar-refractivity contribution in [2.45, 2.75) is 24.1 Å². The molecule has 3 heteroatoms. The predicted molar refractivity (Wildman–Crippen MR) is 69.3 cm³/mol. The fourth-order valence-corrected chi connectivity index (χ4v) is 3.06. The smallest absolute Gasteiger partial charge is 0.0624 e. The Morgan fingerprint density at radius 1 is 1.29 bits per heavy atom. The van der Waals surface area contributed by atoms with Crippen molar-refractivity contribution in [3.05, 3.63) is 53.3 Å². The van der Waals surface area contributed by atoms with Crippen LogP contribution in [0.15, 0.2) is 36.5 Å². The molecule has 1 aromatic heterocycles. The quantitative estimate of drug-likeness (QED) is 0.705. The Bertz CT molecular complexity index is 518. The molecule has 0 spiro atoms. The molecule has 0 bridgehead atoms. The summed E-state index contributed by atoms with van der Waals surface area (Å²) in [5.74, 6) is 0.515. The normalized spacial score (nSPS) is 23.4. The molecule has 2 nitrogen and oxygen atoms in total. The number of rotatable bonds is 1. The summed E-state index contributed by atoms with van der Waals surface area (Å²) in [4.78, 5) is 0. The highest BCUT2D eigenvalue weighted by Gasteiger charge is 2.29. The van der Waals surface area contributed by atoms with Crippen molar-refractivity contribution in [1.82, 2.24) is 9.78 Å². The molecule has 0 saturated heterocycles. The summed E-state index contributed by atoms with van der Waals surface area (Å²) < 4.78 is 1.96. The molecule has 1 aromatic carbocycles. The monoisotopic (exact) mass is 246 g/mol. The third-order valence-corrected chi connectivity index (χ3v) is 4.05. The van der Waals surface area contributed by atoms with Crippen molar-refractivity contribution in [1.29, 1.82) is 0 Å². The van der Waals surface area contributed by atoms with Gasteiger partial charge in [-0.2, -0.15) is 5.10 Å². The van der Waals surface area contributed by atoms with Gasteiger partial charge in [0.05, 0.1) is 11.6 Å². The molecule has 1 aliphatic carbocycles. The van der Waals surface area contributed by atoms with Gasteiger partial charge >= 0.3 is 0 Å². The molecule has 0 aliphatic heterocycles. The first kappa shape index (κ1) is 10.8. The lowest BCUT2D eigenvalue weighted by Crippen LogP contribution is -2.16. The third-order valence-electron chi connectivity index (χ3n) is 3.63. The number of aryl methyl sites for hydroxylation is 1. The molecule has 2 unspecified atom stereocenters. The summed E-state index contributed by atoms with van der Waals surface area (Å²) in [5, 5.41) is 4.40. The number of hydrogen-bond acceptors (Lipinski definition) is 1. The second kappa shape index (κ2) is 4.19. The molecule has 1 heterocycles. The maximum absolute atomic E-state index is 6.45. The van der Waals surface area contributed by atoms with Crippen molar-refractivity contribution < 1.29 is 0 Å². The van der Waals surface area contributed by atoms with Crippen molar-refractivity contribution in [2.75, 3.05) is 0 Å². The molecular formula is C14H15ClN2. The fraction of sp³-hybridized carbons (Fsp3) is 0.357. The average molecular weight is 247 g/mol. The lowest BCUT2D eigenvalue weighted by atomic mass is 9.83. The zero-order valence-corrected chi connectivity index (χ0v) is 10.6. The van der Waals surface area contributed by atoms with Crippen LogP contribution in [0.1, 0.15) is 34.5 Å². The minimum absolute atomic E-state index is 0.0951. The Morgan fingerprint density at radius 2 is 2.06 bits per heavy atom. The molecule has 2 aromatic rings. The van der Waals surface area contributed by atoms with Gasteiger partial charge in [-0.3, -0.25) is 4.68 Å². The second-order valence-corrected chi connectivity index (χ2v) is 5.21. The van der Waals surface area contributed by atoms with E-state index in [-0.39, 0.29) is 5.38 Å². The summed E-state index contributed by atoms with van der Waals surface area (Å²) in [7, 11) is 2.00. The van der Waals surface area contributed by atoms with Crippen LogP contribution in [0.3, 0.4) is 0 Å². The van der Waals surface area contributed by atoms with Crippen LogP contribution in [0.2, 0.25) is 0 Å². The van der Waals surface area contributed by atoms with Crippen LogP contribution >= 0.6 is 11.6 Å². The predicted octanol–water partition coefficient (Wildman–Crippen LogP) is 3.43. The first-order valence-electron chi connectivity index (χ1n) is 5.95. The lowest BCUT2D eigenvalue weighted by Gasteiger charge is -2.26. The van der Waals surface area contributed by atoms with E-state index in [0.717, 1.165) is 12.8 Å². The van der Waals surface area contributed by atoms with Gasteiger partial charge in [-0.15, -0.1) is 11.6 Å². The molecule has 0 saturated carbocycles. The highest BCUT2D eigenvalue weighted by atomic mass is 35.5. The summed E-state index contributed by atoms with van der Waals surface area (Å²) >= 11 is 6.45. The molecular weight excluding hydrogens is 232 g/mol. The van der Waals surface area contributed by atoms with E-state index in [1.54, 1.807) is 0 Å². The van der Waals surface area contributed by atoms with Crippen LogP contribution in [-0.4, -0.2) is 9.78 Å². The summed E-state index contributed by atoms with van der Waals surface area (Å²) in [6, 6.07) is 10.6. The van der Waals surface area contributed by atoms with Gasteiger partial charge in [0.15, 0.2) is 0 Å². The van der Waals surface area contributed by atoms with Crippen molar-refractivity contribution in [3.8, 4) is 0 Å². The third kappa shape index (κ3) is 1.87. The molecule has 0 radical (unpaired) electrons. The molecule has 0 N–H and O–H groups in total. The Morgan fingerprint density at radius 3 is 2.82 bits per heavy atom. The second-order valence-electron chi connectivity index (χ2n) is 4.69. The number of aromatic nitrogens is 2. The molecule has 2 atom stereocenters. The van der Waals surface area contributed by atoms with Crippen LogP contribution in [0.25, 0.3) is 0 Å². The van der Waals surface area contributed by atoms with Crippen molar-refractivity contribution >= 4 is 11.6 Å². The first-order valence-corrected chi connectivity index (χ1v) is 6.39. The lowest BCUT2D eigenvalue weighted by molar-refractivity contribution is 0.543. The largest absolute Gasteiger partial charge is 0.272 e. The van der Waals surface area contributed by atoms with Crippen LogP contribution in [0, 0.1) is 0 Å². The molecule has 17 heavy (non-hydrogen) atoms. The topological polar surface area (TPSA) is 17.8 Å². The van der Waals surface area contributed by atoms with Crippen LogP contribution in [-0.2, 0) is 13.5 Å². The van der Waals surface area contributed by atoms with Crippen LogP contribution < -0.4 is 0 Å². The number of nitrogens with zero attached hydrogens (tertiary/aromatic N) is 2. The van der Waals surface area contributed by atoms with E-state index in [2.05, 4.69) is 35.4 Å². The minimum Gasteiger partial charge on any atom is -0.272 e. The van der Waals surface area contributed by atoms with Gasteiger partial charge in [0, 0.05) is 18.3 Å². The fourth-order valence-electron chi connectivity index (χ4n) is 2.66. The molecule has 0 amide bonds. The Balaban J connectivity index is 1.96. The minimum atomic E-state index is 0.0951. The Kier molecular flexibility index (Phi) is 2.67. The average Bonchev–Trinajstić information content (AvgIpc) is 2.73. The van der Waals surface area contributed by atoms with E-state index in [4.69, 9.17) is 11.6 Å². The first-order chi connectivity index (χ1) is 8.25. The maximum atomic E-state index is 6.45. The maximum Gasteiger partial charge on any atom is 0.0624 e. The number of benzene rings is 1. The van der Waals surface area contributed by atoms with Crippen LogP contribution in [0.5, 0.6) is 0 Å². The van der Waals surface area contributed by atoms with E-state index in [1.807, 2.05) is 17.9 Å². The Hall–Kier alpha value is -1.28. The molecule has 3 rings (SSSR count). The van der Waals surface area contributed by atoms with E-state index in [0.29, 0.717) is 5.92 Å². The van der Waals surface area contributed by atoms with Gasteiger partial charge < -0.3 is 0 Å². The zero-order valence-electron chi connectivity index (χ0n) is 9.81. The highest BCUT2D eigenvalue weighted by Crippen LogP contribution is 2.41. The summed E-state index contributed by atoms with van der Waals surface area (Å²) in [5.41, 5.74) is 3.87. The van der Waals surface area contributed by atoms with Crippen molar-refractivity contribution in [3.63, 3.8) is 0 Å². The molecule has 88 valence electrons. The summed E-state index contributed by atoms with van der Waals surface area (Å²) in [6.07, 6.45) is 3.96. The Labute approximate surface area is 106 Å². The molecule has 1 aliphatic rings. The van der Waals surface area contributed by atoms with Gasteiger partial charge in [-0.05, 0) is 24.3 Å². The van der Waals surface area contributed by atoms with Gasteiger partial charge in [-0.1, -0.05) is 30.3 Å². The number of halogens is 1. The van der Waals surface area contributed by atoms with Gasteiger partial charge in [-0.25, -0.2) is 0 Å². The van der Waals surface area contributed by atoms with E-state index < -0.39 is 0 Å². The van der Waals surface area contributed by atoms with E-state index >= 15 is 0 Å². The van der Waals surface area contributed by atoms with Crippen molar-refractivity contribution in [2.24, 2.45) is 7.05 Å². The van der Waals surface area contributed by atoms with Crippen LogP contribution in [0.4, 0.5) is 0 Å². The molecule has 0 fully saturated rings. The van der Waals surface area contributed by atoms with E-state index in [9.17, 15) is 0 Å². The van der Waals surface area contributed by atoms with Gasteiger partial charge in [0.2, 0.25) is 0 Å². The zero-order chi connectivity index (χ0) is 11.8. The number of fused-ring (bicyclic) bond motifs is 1. The number of alkyl halides is 1. The summed E-state index contributed by atoms with van der Waals surface area (Å²) in [6.45, 7) is 0. The SMILES string of the molecule is Cn1ncc2c1CC(c1ccccc1)CC2Cl. The van der Waals surface area contributed by atoms with Gasteiger partial charge in [0.25, 0.3) is 0 Å². The standard InChI is InChI=1S/C14H15ClN2/c1-17-14-8-11(10-5-3-2-4-6-10)7-13(15)12(14)9-16-17/h2-6,9,11,13H,7-8H2,1H3. The van der Waals surface area contributed by atoms with E-state index in [1.165, 1.54) is 16.8 Å². The highest BCUT2D eigenvalue weighted by molar-refractivity contribution is 6.21. The number of hydrogen-bond donors (Lipinski definition) is 0. The van der Waals surface area contributed by atoms with Gasteiger partial charge in [0.1, 0.15) is 0 Å².